The number of halogens is 1. The van der Waals surface area contributed by atoms with Crippen molar-refractivity contribution in [3.8, 4) is 0 Å². The predicted molar refractivity (Wildman–Crippen MR) is 64.2 cm³/mol. The molecule has 1 rings (SSSR count). The first-order valence-electron chi connectivity index (χ1n) is 5.58. The van der Waals surface area contributed by atoms with Crippen LogP contribution in [0.2, 0.25) is 0 Å². The number of ether oxygens (including phenoxy) is 1. The summed E-state index contributed by atoms with van der Waals surface area (Å²) in [6, 6.07) is 0.210. The van der Waals surface area contributed by atoms with Crippen molar-refractivity contribution in [3.63, 3.8) is 0 Å². The molecule has 0 aromatic rings. The molecule has 88 valence electrons. The Bertz CT molecular complexity index is 223. The number of alkyl halides is 1. The molecule has 0 radical (unpaired) electrons. The van der Waals surface area contributed by atoms with Crippen LogP contribution in [-0.2, 0) is 9.53 Å². The lowest BCUT2D eigenvalue weighted by Gasteiger charge is -2.38. The van der Waals surface area contributed by atoms with Gasteiger partial charge in [-0.1, -0.05) is 29.8 Å². The molecule has 0 N–H and O–H groups in total. The summed E-state index contributed by atoms with van der Waals surface area (Å²) >= 11 is 3.40. The Morgan fingerprint density at radius 1 is 1.67 bits per heavy atom. The summed E-state index contributed by atoms with van der Waals surface area (Å²) in [6.45, 7) is 7.46. The Morgan fingerprint density at radius 3 is 2.87 bits per heavy atom. The quantitative estimate of drug-likeness (QED) is 0.739. The number of carbonyl (C=O) groups is 1. The first-order valence-corrected chi connectivity index (χ1v) is 6.70. The van der Waals surface area contributed by atoms with E-state index >= 15 is 0 Å². The summed E-state index contributed by atoms with van der Waals surface area (Å²) < 4.78 is 5.59. The van der Waals surface area contributed by atoms with Crippen LogP contribution in [0.15, 0.2) is 0 Å². The normalized spacial score (nSPS) is 28.9. The average molecular weight is 278 g/mol. The summed E-state index contributed by atoms with van der Waals surface area (Å²) in [6.07, 6.45) is 1.05. The fourth-order valence-electron chi connectivity index (χ4n) is 1.68. The SMILES string of the molecule is CCC(C)C(=O)N1CC(CBr)OCC1C. The van der Waals surface area contributed by atoms with Gasteiger partial charge in [-0.15, -0.1) is 0 Å². The second kappa shape index (κ2) is 5.85. The van der Waals surface area contributed by atoms with E-state index in [-0.39, 0.29) is 24.0 Å². The average Bonchev–Trinajstić information content (AvgIpc) is 2.27. The van der Waals surface area contributed by atoms with Crippen LogP contribution in [0.3, 0.4) is 0 Å². The van der Waals surface area contributed by atoms with Crippen LogP contribution in [0.25, 0.3) is 0 Å². The van der Waals surface area contributed by atoms with Gasteiger partial charge in [-0.25, -0.2) is 0 Å². The highest BCUT2D eigenvalue weighted by Gasteiger charge is 2.30. The molecule has 1 heterocycles. The van der Waals surface area contributed by atoms with Crippen LogP contribution < -0.4 is 0 Å². The summed E-state index contributed by atoms with van der Waals surface area (Å²) in [5.41, 5.74) is 0. The summed E-state index contributed by atoms with van der Waals surface area (Å²) in [5, 5.41) is 0.796. The molecular weight excluding hydrogens is 258 g/mol. The monoisotopic (exact) mass is 277 g/mol. The zero-order valence-corrected chi connectivity index (χ0v) is 11.3. The Hall–Kier alpha value is -0.0900. The van der Waals surface area contributed by atoms with Gasteiger partial charge >= 0.3 is 0 Å². The zero-order valence-electron chi connectivity index (χ0n) is 9.70. The number of hydrogen-bond acceptors (Lipinski definition) is 2. The molecule has 3 nitrogen and oxygen atoms in total. The van der Waals surface area contributed by atoms with Crippen molar-refractivity contribution >= 4 is 21.8 Å². The van der Waals surface area contributed by atoms with Crippen LogP contribution >= 0.6 is 15.9 Å². The van der Waals surface area contributed by atoms with Gasteiger partial charge in [0, 0.05) is 17.8 Å². The maximum absolute atomic E-state index is 12.1. The van der Waals surface area contributed by atoms with Crippen molar-refractivity contribution in [2.75, 3.05) is 18.5 Å². The smallest absolute Gasteiger partial charge is 0.225 e. The molecule has 0 bridgehead atoms. The van der Waals surface area contributed by atoms with Crippen molar-refractivity contribution < 1.29 is 9.53 Å². The number of amides is 1. The lowest BCUT2D eigenvalue weighted by atomic mass is 10.1. The van der Waals surface area contributed by atoms with Gasteiger partial charge in [-0.3, -0.25) is 4.79 Å². The molecule has 1 fully saturated rings. The van der Waals surface area contributed by atoms with Crippen LogP contribution in [-0.4, -0.2) is 41.4 Å². The van der Waals surface area contributed by atoms with Crippen molar-refractivity contribution in [3.05, 3.63) is 0 Å². The highest BCUT2D eigenvalue weighted by molar-refractivity contribution is 9.09. The molecule has 0 saturated carbocycles. The molecule has 1 saturated heterocycles. The van der Waals surface area contributed by atoms with E-state index in [4.69, 9.17) is 4.74 Å². The Balaban J connectivity index is 2.61. The van der Waals surface area contributed by atoms with Gasteiger partial charge in [0.2, 0.25) is 5.91 Å². The second-order valence-electron chi connectivity index (χ2n) is 4.26. The lowest BCUT2D eigenvalue weighted by molar-refractivity contribution is -0.146. The van der Waals surface area contributed by atoms with Crippen molar-refractivity contribution in [2.45, 2.75) is 39.3 Å². The molecular formula is C11H20BrNO2. The van der Waals surface area contributed by atoms with Crippen LogP contribution in [0.1, 0.15) is 27.2 Å². The van der Waals surface area contributed by atoms with Gasteiger partial charge < -0.3 is 9.64 Å². The minimum atomic E-state index is 0.126. The third-order valence-corrected chi connectivity index (χ3v) is 3.72. The minimum absolute atomic E-state index is 0.126. The van der Waals surface area contributed by atoms with Crippen LogP contribution in [0.5, 0.6) is 0 Å². The van der Waals surface area contributed by atoms with Gasteiger partial charge in [0.15, 0.2) is 0 Å². The molecule has 3 atom stereocenters. The molecule has 15 heavy (non-hydrogen) atoms. The number of nitrogens with zero attached hydrogens (tertiary/aromatic N) is 1. The maximum atomic E-state index is 12.1. The lowest BCUT2D eigenvalue weighted by Crippen LogP contribution is -2.52. The number of hydrogen-bond donors (Lipinski definition) is 0. The Kier molecular flexibility index (Phi) is 5.06. The topological polar surface area (TPSA) is 29.5 Å². The van der Waals surface area contributed by atoms with Crippen LogP contribution in [0.4, 0.5) is 0 Å². The molecule has 1 amide bonds. The Labute approximate surface area is 100 Å². The first-order chi connectivity index (χ1) is 7.10. The van der Waals surface area contributed by atoms with E-state index in [1.165, 1.54) is 0 Å². The van der Waals surface area contributed by atoms with Gasteiger partial charge in [-0.2, -0.15) is 0 Å². The molecule has 1 aliphatic rings. The van der Waals surface area contributed by atoms with Crippen molar-refractivity contribution in [1.82, 2.24) is 4.90 Å². The summed E-state index contributed by atoms with van der Waals surface area (Å²) in [5.74, 6) is 0.390. The van der Waals surface area contributed by atoms with Gasteiger partial charge in [0.05, 0.1) is 18.8 Å². The second-order valence-corrected chi connectivity index (χ2v) is 4.91. The summed E-state index contributed by atoms with van der Waals surface area (Å²) in [7, 11) is 0. The number of rotatable bonds is 3. The molecule has 0 aromatic carbocycles. The molecule has 4 heteroatoms. The third kappa shape index (κ3) is 3.18. The molecule has 0 aromatic heterocycles. The number of morpholine rings is 1. The van der Waals surface area contributed by atoms with Crippen molar-refractivity contribution in [1.29, 1.82) is 0 Å². The van der Waals surface area contributed by atoms with E-state index in [9.17, 15) is 4.79 Å². The van der Waals surface area contributed by atoms with E-state index in [0.717, 1.165) is 18.3 Å². The predicted octanol–water partition coefficient (Wildman–Crippen LogP) is 2.04. The maximum Gasteiger partial charge on any atom is 0.225 e. The van der Waals surface area contributed by atoms with Gasteiger partial charge in [0.1, 0.15) is 0 Å². The molecule has 1 aliphatic heterocycles. The van der Waals surface area contributed by atoms with Gasteiger partial charge in [0.25, 0.3) is 0 Å². The number of carbonyl (C=O) groups excluding carboxylic acids is 1. The van der Waals surface area contributed by atoms with E-state index < -0.39 is 0 Å². The molecule has 0 spiro atoms. The largest absolute Gasteiger partial charge is 0.373 e. The highest BCUT2D eigenvalue weighted by Crippen LogP contribution is 2.17. The fourth-order valence-corrected chi connectivity index (χ4v) is 2.07. The van der Waals surface area contributed by atoms with E-state index in [0.29, 0.717) is 6.61 Å². The Morgan fingerprint density at radius 2 is 2.33 bits per heavy atom. The molecule has 3 unspecified atom stereocenters. The minimum Gasteiger partial charge on any atom is -0.373 e. The third-order valence-electron chi connectivity index (χ3n) is 2.99. The van der Waals surface area contributed by atoms with E-state index in [1.807, 2.05) is 18.7 Å². The zero-order chi connectivity index (χ0) is 11.4. The standard InChI is InChI=1S/C11H20BrNO2/c1-4-8(2)11(14)13-6-10(5-12)15-7-9(13)3/h8-10H,4-7H2,1-3H3. The van der Waals surface area contributed by atoms with Crippen LogP contribution in [0, 0.1) is 5.92 Å². The van der Waals surface area contributed by atoms with Gasteiger partial charge in [-0.05, 0) is 13.3 Å². The first kappa shape index (κ1) is 13.0. The summed E-state index contributed by atoms with van der Waals surface area (Å²) in [4.78, 5) is 14.0. The van der Waals surface area contributed by atoms with E-state index in [2.05, 4.69) is 22.9 Å². The van der Waals surface area contributed by atoms with E-state index in [1.54, 1.807) is 0 Å². The molecule has 0 aliphatic carbocycles. The van der Waals surface area contributed by atoms with Crippen molar-refractivity contribution in [2.24, 2.45) is 5.92 Å². The fraction of sp³-hybridized carbons (Fsp3) is 0.909. The highest BCUT2D eigenvalue weighted by atomic mass is 79.9.